The number of nitro benzene ring substituents is 1. The average Bonchev–Trinajstić information content (AvgIpc) is 2.52. The van der Waals surface area contributed by atoms with Gasteiger partial charge in [-0.15, -0.1) is 0 Å². The zero-order chi connectivity index (χ0) is 18.3. The number of nitro groups is 1. The summed E-state index contributed by atoms with van der Waals surface area (Å²) in [7, 11) is 3.57. The number of ether oxygens (including phenoxy) is 1. The van der Waals surface area contributed by atoms with Gasteiger partial charge >= 0.3 is 17.1 Å². The van der Waals surface area contributed by atoms with Crippen molar-refractivity contribution in [3.8, 4) is 11.4 Å². The summed E-state index contributed by atoms with van der Waals surface area (Å²) in [5.74, 6) is -1.79. The van der Waals surface area contributed by atoms with Crippen LogP contribution < -0.4 is 16.1 Å². The molecule has 0 saturated carbocycles. The topological polar surface area (TPSA) is 101 Å². The molecule has 0 saturated heterocycles. The normalized spacial score (nSPS) is 10.7. The molecule has 0 unspecified atom stereocenters. The van der Waals surface area contributed by atoms with Crippen LogP contribution in [-0.2, 0) is 14.1 Å². The molecule has 0 aliphatic carbocycles. The molecule has 1 aromatic heterocycles. The van der Waals surface area contributed by atoms with Crippen LogP contribution in [0.2, 0.25) is 5.02 Å². The summed E-state index contributed by atoms with van der Waals surface area (Å²) in [6.45, 7) is 0. The first kappa shape index (κ1) is 17.8. The lowest BCUT2D eigenvalue weighted by molar-refractivity contribution is -0.385. The zero-order valence-electron chi connectivity index (χ0n) is 12.6. The third kappa shape index (κ3) is 2.51. The number of halogens is 2. The predicted molar refractivity (Wildman–Crippen MR) is 85.3 cm³/mol. The van der Waals surface area contributed by atoms with Crippen LogP contribution in [0.1, 0.15) is 0 Å². The minimum absolute atomic E-state index is 0.107. The molecule has 0 fully saturated rings. The highest BCUT2D eigenvalue weighted by Gasteiger charge is 2.30. The molecule has 0 bridgehead atoms. The van der Waals surface area contributed by atoms with Gasteiger partial charge in [0.05, 0.1) is 12.0 Å². The fourth-order valence-electron chi connectivity index (χ4n) is 2.11. The van der Waals surface area contributed by atoms with Crippen molar-refractivity contribution in [2.45, 2.75) is 0 Å². The number of hydrogen-bond donors (Lipinski definition) is 0. The van der Waals surface area contributed by atoms with Crippen molar-refractivity contribution in [3.63, 3.8) is 0 Å². The molecule has 2 rings (SSSR count). The van der Waals surface area contributed by atoms with E-state index in [0.717, 1.165) is 16.2 Å². The number of methoxy groups -OCH3 is 1. The van der Waals surface area contributed by atoms with Crippen molar-refractivity contribution < 1.29 is 14.1 Å². The first-order valence-electron chi connectivity index (χ1n) is 6.23. The number of rotatable bonds is 3. The summed E-state index contributed by atoms with van der Waals surface area (Å²) in [6.07, 6.45) is 0. The van der Waals surface area contributed by atoms with Gasteiger partial charge in [0.1, 0.15) is 10.7 Å². The molecule has 9 nitrogen and oxygen atoms in total. The molecule has 0 aliphatic heterocycles. The van der Waals surface area contributed by atoms with E-state index in [1.165, 1.54) is 14.1 Å². The van der Waals surface area contributed by atoms with E-state index in [9.17, 15) is 24.1 Å². The molecule has 0 atom stereocenters. The molecule has 24 heavy (non-hydrogen) atoms. The highest BCUT2D eigenvalue weighted by atomic mass is 35.5. The summed E-state index contributed by atoms with van der Waals surface area (Å²) in [6, 6.07) is 0.630. The van der Waals surface area contributed by atoms with Crippen LogP contribution in [0.15, 0.2) is 15.7 Å². The second kappa shape index (κ2) is 6.17. The first-order valence-corrected chi connectivity index (χ1v) is 7.01. The van der Waals surface area contributed by atoms with Crippen LogP contribution >= 0.6 is 23.8 Å². The smallest absolute Gasteiger partial charge is 0.339 e. The van der Waals surface area contributed by atoms with Gasteiger partial charge in [-0.05, 0) is 12.2 Å². The molecule has 0 aliphatic rings. The molecule has 1 heterocycles. The number of hydrogen-bond acceptors (Lipinski definition) is 6. The van der Waals surface area contributed by atoms with Crippen LogP contribution in [0.25, 0.3) is 5.69 Å². The molecule has 128 valence electrons. The third-order valence-corrected chi connectivity index (χ3v) is 4.11. The molecular weight excluding hydrogens is 367 g/mol. The van der Waals surface area contributed by atoms with Gasteiger partial charge in [0, 0.05) is 20.2 Å². The Balaban J connectivity index is 3.14. The lowest BCUT2D eigenvalue weighted by Gasteiger charge is -2.14. The van der Waals surface area contributed by atoms with Crippen LogP contribution in [0.4, 0.5) is 10.1 Å². The summed E-state index contributed by atoms with van der Waals surface area (Å²) in [4.78, 5) is 35.0. The van der Waals surface area contributed by atoms with Crippen molar-refractivity contribution in [2.24, 2.45) is 14.1 Å². The second-order valence-electron chi connectivity index (χ2n) is 4.63. The third-order valence-electron chi connectivity index (χ3n) is 3.28. The van der Waals surface area contributed by atoms with Gasteiger partial charge < -0.3 is 4.74 Å². The van der Waals surface area contributed by atoms with Crippen molar-refractivity contribution in [3.05, 3.63) is 52.8 Å². The van der Waals surface area contributed by atoms with Crippen molar-refractivity contribution >= 4 is 29.5 Å². The first-order chi connectivity index (χ1) is 11.1. The Morgan fingerprint density at radius 2 is 1.79 bits per heavy atom. The maximum Gasteiger partial charge on any atom is 0.339 e. The Labute approximate surface area is 143 Å². The second-order valence-corrected chi connectivity index (χ2v) is 5.40. The summed E-state index contributed by atoms with van der Waals surface area (Å²) < 4.78 is 21.4. The SMILES string of the molecule is COc1c(-n2c(=O)n(C)c(=S)n(C)c2=O)c(F)cc(Cl)c1[N+](=O)[O-]. The summed E-state index contributed by atoms with van der Waals surface area (Å²) >= 11 is 10.6. The van der Waals surface area contributed by atoms with Gasteiger partial charge in [0.15, 0.2) is 10.6 Å². The van der Waals surface area contributed by atoms with E-state index < -0.39 is 44.3 Å². The monoisotopic (exact) mass is 376 g/mol. The predicted octanol–water partition coefficient (Wildman–Crippen LogP) is 1.31. The Hall–Kier alpha value is -2.53. The van der Waals surface area contributed by atoms with Crippen molar-refractivity contribution in [1.82, 2.24) is 13.7 Å². The molecule has 12 heteroatoms. The fourth-order valence-corrected chi connectivity index (χ4v) is 2.52. The van der Waals surface area contributed by atoms with Crippen LogP contribution in [0.5, 0.6) is 5.75 Å². The van der Waals surface area contributed by atoms with E-state index in [4.69, 9.17) is 28.6 Å². The molecular formula is C12H10ClFN4O5S. The molecule has 0 amide bonds. The summed E-state index contributed by atoms with van der Waals surface area (Å²) in [5, 5.41) is 10.6. The maximum atomic E-state index is 14.4. The quantitative estimate of drug-likeness (QED) is 0.455. The van der Waals surface area contributed by atoms with Gasteiger partial charge in [-0.3, -0.25) is 19.2 Å². The van der Waals surface area contributed by atoms with Gasteiger partial charge in [-0.1, -0.05) is 11.6 Å². The molecule has 2 aromatic rings. The Bertz CT molecular complexity index is 1000. The van der Waals surface area contributed by atoms with E-state index >= 15 is 0 Å². The number of benzene rings is 1. The molecule has 1 aromatic carbocycles. The van der Waals surface area contributed by atoms with Crippen molar-refractivity contribution in [2.75, 3.05) is 7.11 Å². The zero-order valence-corrected chi connectivity index (χ0v) is 14.1. The van der Waals surface area contributed by atoms with Crippen LogP contribution in [0.3, 0.4) is 0 Å². The Kier molecular flexibility index (Phi) is 4.58. The van der Waals surface area contributed by atoms with E-state index in [0.29, 0.717) is 10.6 Å². The van der Waals surface area contributed by atoms with Crippen LogP contribution in [-0.4, -0.2) is 25.7 Å². The maximum absolute atomic E-state index is 14.4. The summed E-state index contributed by atoms with van der Waals surface area (Å²) in [5.41, 5.74) is -3.46. The van der Waals surface area contributed by atoms with Gasteiger partial charge in [-0.2, -0.15) is 0 Å². The lowest BCUT2D eigenvalue weighted by atomic mass is 10.2. The van der Waals surface area contributed by atoms with Gasteiger partial charge in [0.25, 0.3) is 0 Å². The van der Waals surface area contributed by atoms with Crippen LogP contribution in [0, 0.1) is 20.7 Å². The minimum Gasteiger partial charge on any atom is -0.489 e. The highest BCUT2D eigenvalue weighted by molar-refractivity contribution is 7.71. The molecule has 0 N–H and O–H groups in total. The standard InChI is InChI=1S/C12H10ClFN4O5S/c1-15-10(19)17(11(20)16(2)12(15)24)8-6(14)4-5(13)7(18(21)22)9(8)23-3/h4H,1-3H3. The molecule has 0 spiro atoms. The Morgan fingerprint density at radius 3 is 2.21 bits per heavy atom. The van der Waals surface area contributed by atoms with E-state index in [1.807, 2.05) is 0 Å². The average molecular weight is 377 g/mol. The highest BCUT2D eigenvalue weighted by Crippen LogP contribution is 2.40. The largest absolute Gasteiger partial charge is 0.489 e. The van der Waals surface area contributed by atoms with Crippen molar-refractivity contribution in [1.29, 1.82) is 0 Å². The lowest BCUT2D eigenvalue weighted by Crippen LogP contribution is -2.44. The number of nitrogens with zero attached hydrogens (tertiary/aromatic N) is 4. The van der Waals surface area contributed by atoms with Gasteiger partial charge in [-0.25, -0.2) is 18.5 Å². The van der Waals surface area contributed by atoms with E-state index in [1.54, 1.807) is 0 Å². The molecule has 0 radical (unpaired) electrons. The Morgan fingerprint density at radius 1 is 1.29 bits per heavy atom. The van der Waals surface area contributed by atoms with Gasteiger partial charge in [0.2, 0.25) is 5.75 Å². The fraction of sp³-hybridized carbons (Fsp3) is 0.250. The minimum atomic E-state index is -1.14. The number of aromatic nitrogens is 3. The van der Waals surface area contributed by atoms with E-state index in [2.05, 4.69) is 0 Å². The van der Waals surface area contributed by atoms with E-state index in [-0.39, 0.29) is 4.77 Å².